The number of halogens is 3. The monoisotopic (exact) mass is 1480 g/mol. The molecule has 16 rings (SSSR count). The number of nitrogens with one attached hydrogen (secondary N) is 1. The highest BCUT2D eigenvalue weighted by molar-refractivity contribution is 6.28. The average molecular weight is 1490 g/mol. The van der Waals surface area contributed by atoms with Crippen LogP contribution in [-0.2, 0) is 50.9 Å². The number of carboxylic acid groups (broad SMARTS) is 1. The van der Waals surface area contributed by atoms with Gasteiger partial charge < -0.3 is 47.8 Å². The lowest BCUT2D eigenvalue weighted by atomic mass is 10.2. The molecule has 4 atom stereocenters. The Morgan fingerprint density at radius 2 is 0.924 bits per heavy atom. The minimum absolute atomic E-state index is 0. The molecule has 4 fully saturated rings. The van der Waals surface area contributed by atoms with E-state index in [-0.39, 0.29) is 53.4 Å². The van der Waals surface area contributed by atoms with Gasteiger partial charge in [0.15, 0.2) is 12.2 Å². The summed E-state index contributed by atoms with van der Waals surface area (Å²) in [4.78, 5) is 79.2. The number of carboxylic acids is 1. The first kappa shape index (κ1) is 76.9. The van der Waals surface area contributed by atoms with Crippen molar-refractivity contribution in [3.63, 3.8) is 0 Å². The summed E-state index contributed by atoms with van der Waals surface area (Å²) in [7, 11) is 3.25. The van der Waals surface area contributed by atoms with Crippen molar-refractivity contribution in [3.8, 4) is 56.9 Å². The zero-order valence-electron chi connectivity index (χ0n) is 57.1. The van der Waals surface area contributed by atoms with Crippen LogP contribution >= 0.6 is 36.4 Å². The molecule has 32 heteroatoms. The molecule has 7 aromatic heterocycles. The van der Waals surface area contributed by atoms with Gasteiger partial charge in [0, 0.05) is 114 Å². The molecule has 4 aliphatic heterocycles. The quantitative estimate of drug-likeness (QED) is 0.0957. The first-order valence-electron chi connectivity index (χ1n) is 33.1. The fraction of sp³-hybridized carbons (Fsp3) is 0.274. The predicted molar refractivity (Wildman–Crippen MR) is 392 cm³/mol. The van der Waals surface area contributed by atoms with E-state index in [1.54, 1.807) is 38.6 Å². The van der Waals surface area contributed by atoms with Crippen molar-refractivity contribution in [2.45, 2.75) is 37.5 Å². The third kappa shape index (κ3) is 21.5. The van der Waals surface area contributed by atoms with Gasteiger partial charge in [-0.05, 0) is 34.9 Å². The van der Waals surface area contributed by atoms with E-state index in [4.69, 9.17) is 49.2 Å². The molecular formula is C73H75Cl3N18O11. The predicted octanol–water partition coefficient (Wildman–Crippen LogP) is 9.28. The zero-order chi connectivity index (χ0) is 71.1. The average Bonchev–Trinajstić information content (AvgIpc) is 1.22. The van der Waals surface area contributed by atoms with Crippen molar-refractivity contribution in [2.75, 3.05) is 83.7 Å². The lowest BCUT2D eigenvalue weighted by Gasteiger charge is -2.32. The molecule has 544 valence electrons. The third-order valence-corrected chi connectivity index (χ3v) is 16.8. The number of benzene rings is 5. The molecule has 4 unspecified atom stereocenters. The number of hydrogen-bond donors (Lipinski definition) is 2. The summed E-state index contributed by atoms with van der Waals surface area (Å²) in [6.45, 7) is 9.45. The van der Waals surface area contributed by atoms with Crippen molar-refractivity contribution in [1.82, 2.24) is 84.6 Å². The van der Waals surface area contributed by atoms with Crippen LogP contribution in [0.3, 0.4) is 0 Å². The van der Waals surface area contributed by atoms with E-state index in [0.717, 1.165) is 62.5 Å². The summed E-state index contributed by atoms with van der Waals surface area (Å²) in [5, 5.41) is 24.4. The Kier molecular flexibility index (Phi) is 28.4. The molecule has 0 bridgehead atoms. The number of morpholine rings is 4. The molecule has 0 spiro atoms. The summed E-state index contributed by atoms with van der Waals surface area (Å²) >= 11 is 5.78. The fourth-order valence-corrected chi connectivity index (χ4v) is 11.2. The molecule has 2 N–H and O–H groups in total. The SMILES string of the molecule is Cl.Cl.Cn1c(Cl)nc(-c2ccncn2)cc1=O.Cn1c(N2CCOC(c3nc(-c4ccccc4)no3)C2)nc(-c2ccncn2)cc1=O.O=C(O)C1CN(Cc2ccccc2)CCO1.c1ccc(-c2noc(C3CNCCO3)n2)cc1.c1ccc(CN2CCOC(c3nc(-c4ccccc4)no3)C2)cc1. The minimum Gasteiger partial charge on any atom is -0.479 e. The summed E-state index contributed by atoms with van der Waals surface area (Å²) in [5.74, 6) is 2.84. The second-order valence-electron chi connectivity index (χ2n) is 23.7. The van der Waals surface area contributed by atoms with Gasteiger partial charge in [-0.25, -0.2) is 34.7 Å². The van der Waals surface area contributed by atoms with Crippen LogP contribution in [0.25, 0.3) is 56.9 Å². The molecule has 5 aromatic carbocycles. The lowest BCUT2D eigenvalue weighted by molar-refractivity contribution is -0.156. The summed E-state index contributed by atoms with van der Waals surface area (Å²) in [6.07, 6.45) is 4.60. The molecule has 12 aromatic rings. The van der Waals surface area contributed by atoms with Gasteiger partial charge in [0.05, 0.1) is 55.7 Å². The zero-order valence-corrected chi connectivity index (χ0v) is 59.5. The van der Waals surface area contributed by atoms with Crippen LogP contribution < -0.4 is 21.3 Å². The number of nitrogens with zero attached hydrogens (tertiary/aromatic N) is 17. The van der Waals surface area contributed by atoms with Crippen LogP contribution in [0.2, 0.25) is 5.28 Å². The highest BCUT2D eigenvalue weighted by Crippen LogP contribution is 2.29. The fourth-order valence-electron chi connectivity index (χ4n) is 11.1. The van der Waals surface area contributed by atoms with Crippen molar-refractivity contribution in [2.24, 2.45) is 14.1 Å². The highest BCUT2D eigenvalue weighted by Gasteiger charge is 2.31. The van der Waals surface area contributed by atoms with E-state index < -0.39 is 18.2 Å². The lowest BCUT2D eigenvalue weighted by Crippen LogP contribution is -2.45. The molecule has 105 heavy (non-hydrogen) atoms. The maximum atomic E-state index is 12.6. The molecule has 0 radical (unpaired) electrons. The molecule has 11 heterocycles. The number of ether oxygens (including phenoxy) is 4. The Morgan fingerprint density at radius 1 is 0.495 bits per heavy atom. The highest BCUT2D eigenvalue weighted by atomic mass is 35.5. The molecule has 4 saturated heterocycles. The van der Waals surface area contributed by atoms with Gasteiger partial charge in [-0.2, -0.15) is 15.0 Å². The van der Waals surface area contributed by atoms with Gasteiger partial charge >= 0.3 is 5.97 Å². The summed E-state index contributed by atoms with van der Waals surface area (Å²) < 4.78 is 41.4. The van der Waals surface area contributed by atoms with Crippen LogP contribution in [0.15, 0.2) is 224 Å². The second-order valence-corrected chi connectivity index (χ2v) is 24.0. The molecule has 0 aliphatic carbocycles. The summed E-state index contributed by atoms with van der Waals surface area (Å²) in [5.41, 5.74) is 6.98. The van der Waals surface area contributed by atoms with Crippen LogP contribution in [0, 0.1) is 0 Å². The Morgan fingerprint density at radius 3 is 1.38 bits per heavy atom. The number of anilines is 1. The number of carbonyl (C=O) groups is 1. The molecular weight excluding hydrogens is 1410 g/mol. The van der Waals surface area contributed by atoms with Crippen molar-refractivity contribution >= 4 is 48.3 Å². The first-order chi connectivity index (χ1) is 50.4. The largest absolute Gasteiger partial charge is 0.479 e. The van der Waals surface area contributed by atoms with Gasteiger partial charge in [0.2, 0.25) is 28.7 Å². The van der Waals surface area contributed by atoms with Crippen LogP contribution in [-0.4, -0.2) is 175 Å². The van der Waals surface area contributed by atoms with Gasteiger partial charge in [-0.15, -0.1) is 24.8 Å². The number of aromatic nitrogens is 14. The van der Waals surface area contributed by atoms with E-state index in [1.807, 2.05) is 132 Å². The Bertz CT molecular complexity index is 4730. The molecule has 0 saturated carbocycles. The maximum absolute atomic E-state index is 12.6. The normalized spacial score (nSPS) is 17.2. The second kappa shape index (κ2) is 38.7. The van der Waals surface area contributed by atoms with Crippen molar-refractivity contribution < 1.29 is 42.4 Å². The Labute approximate surface area is 620 Å². The van der Waals surface area contributed by atoms with Gasteiger partial charge in [0.1, 0.15) is 24.9 Å². The Balaban J connectivity index is 0.000000144. The first-order valence-corrected chi connectivity index (χ1v) is 33.5. The molecule has 29 nitrogen and oxygen atoms in total. The Hall–Kier alpha value is -10.7. The number of aliphatic carboxylic acids is 1. The standard InChI is InChI=1S/C21H19N7O3.C19H19N3O2.C12H13N3O2.C12H15NO3.C9H7ClN4O.2ClH/c1-27-18(29)11-16(15-7-8-22-13-23-15)24-21(27)28-9-10-30-17(12-28)20-25-19(26-31-20)14-5-3-2-4-6-14;1-3-7-15(8-4-1)13-22-11-12-23-17(14-22)19-20-18(21-24-19)16-9-5-2-6-10-16;1-2-4-9(5-3-1)11-14-12(17-15-11)10-8-13-6-7-16-10;14-12(15)11-9-13(6-7-16-11)8-10-4-2-1-3-5-10;1-14-8(15)4-7(13-9(14)10)6-2-3-11-5-12-6;;/h2-8,11,13,17H,9-10,12H2,1H3;1-10,17H,11-14H2;1-5,10,13H,6-8H2;1-5,11H,6-9H2,(H,14,15);2-5H,1H3;2*1H. The van der Waals surface area contributed by atoms with Crippen molar-refractivity contribution in [1.29, 1.82) is 0 Å². The number of rotatable bonds is 14. The van der Waals surface area contributed by atoms with E-state index in [1.165, 1.54) is 45.0 Å². The summed E-state index contributed by atoms with van der Waals surface area (Å²) in [6, 6.07) is 55.9. The molecule has 0 amide bonds. The molecule has 4 aliphatic rings. The van der Waals surface area contributed by atoms with E-state index in [9.17, 15) is 14.4 Å². The van der Waals surface area contributed by atoms with Gasteiger partial charge in [-0.1, -0.05) is 167 Å². The third-order valence-electron chi connectivity index (χ3n) is 16.5. The van der Waals surface area contributed by atoms with Crippen molar-refractivity contribution in [3.05, 3.63) is 256 Å². The minimum atomic E-state index is -0.877. The van der Waals surface area contributed by atoms with E-state index >= 15 is 0 Å². The smallest absolute Gasteiger partial charge is 0.334 e. The maximum Gasteiger partial charge on any atom is 0.334 e. The van der Waals surface area contributed by atoms with Gasteiger partial charge in [0.25, 0.3) is 28.8 Å². The van der Waals surface area contributed by atoms with Crippen LogP contribution in [0.4, 0.5) is 5.95 Å². The van der Waals surface area contributed by atoms with Crippen LogP contribution in [0.5, 0.6) is 0 Å². The van der Waals surface area contributed by atoms with Crippen LogP contribution in [0.1, 0.15) is 47.1 Å². The van der Waals surface area contributed by atoms with Gasteiger partial charge in [-0.3, -0.25) is 28.5 Å². The van der Waals surface area contributed by atoms with E-state index in [2.05, 4.69) is 99.7 Å². The number of hydrogen-bond acceptors (Lipinski definition) is 26. The van der Waals surface area contributed by atoms with E-state index in [0.29, 0.717) is 110 Å². The topological polar surface area (TPSA) is 334 Å².